The van der Waals surface area contributed by atoms with Crippen LogP contribution in [0.1, 0.15) is 25.3 Å². The van der Waals surface area contributed by atoms with Gasteiger partial charge in [0.05, 0.1) is 6.04 Å². The Balaban J connectivity index is 2.08. The minimum absolute atomic E-state index is 0.393. The van der Waals surface area contributed by atoms with Crippen molar-refractivity contribution < 1.29 is 0 Å². The van der Waals surface area contributed by atoms with E-state index in [1.54, 1.807) is 0 Å². The fourth-order valence-corrected chi connectivity index (χ4v) is 1.73. The van der Waals surface area contributed by atoms with Gasteiger partial charge in [0.15, 0.2) is 0 Å². The van der Waals surface area contributed by atoms with Crippen LogP contribution in [0.3, 0.4) is 0 Å². The summed E-state index contributed by atoms with van der Waals surface area (Å²) in [5.74, 6) is 0. The molecule has 0 saturated heterocycles. The number of nitrogens with zero attached hydrogens (tertiary/aromatic N) is 2. The van der Waals surface area contributed by atoms with E-state index in [-0.39, 0.29) is 0 Å². The van der Waals surface area contributed by atoms with Gasteiger partial charge in [-0.3, -0.25) is 4.68 Å². The topological polar surface area (TPSA) is 43.8 Å². The SMILES string of the molecule is N[C@@H]1CC[C@@H](n2cccn2)C1. The van der Waals surface area contributed by atoms with E-state index >= 15 is 0 Å². The van der Waals surface area contributed by atoms with Gasteiger partial charge in [0.25, 0.3) is 0 Å². The lowest BCUT2D eigenvalue weighted by Gasteiger charge is -2.08. The highest BCUT2D eigenvalue weighted by Crippen LogP contribution is 2.27. The Kier molecular flexibility index (Phi) is 1.66. The minimum Gasteiger partial charge on any atom is -0.328 e. The molecule has 1 heterocycles. The van der Waals surface area contributed by atoms with Crippen LogP contribution in [-0.4, -0.2) is 15.8 Å². The maximum Gasteiger partial charge on any atom is 0.0534 e. The first-order valence-corrected chi connectivity index (χ1v) is 4.11. The van der Waals surface area contributed by atoms with E-state index in [2.05, 4.69) is 5.10 Å². The second-order valence-electron chi connectivity index (χ2n) is 3.21. The van der Waals surface area contributed by atoms with Crippen LogP contribution in [0.25, 0.3) is 0 Å². The summed E-state index contributed by atoms with van der Waals surface area (Å²) >= 11 is 0. The van der Waals surface area contributed by atoms with E-state index < -0.39 is 0 Å². The largest absolute Gasteiger partial charge is 0.328 e. The van der Waals surface area contributed by atoms with Crippen molar-refractivity contribution in [3.8, 4) is 0 Å². The zero-order valence-electron chi connectivity index (χ0n) is 6.48. The van der Waals surface area contributed by atoms with Crippen molar-refractivity contribution >= 4 is 0 Å². The lowest BCUT2D eigenvalue weighted by Crippen LogP contribution is -2.16. The minimum atomic E-state index is 0.393. The Morgan fingerprint density at radius 2 is 2.36 bits per heavy atom. The summed E-state index contributed by atoms with van der Waals surface area (Å²) in [6.07, 6.45) is 7.25. The molecule has 1 saturated carbocycles. The maximum atomic E-state index is 5.79. The molecule has 1 fully saturated rings. The fraction of sp³-hybridized carbons (Fsp3) is 0.625. The van der Waals surface area contributed by atoms with Crippen LogP contribution < -0.4 is 5.73 Å². The van der Waals surface area contributed by atoms with Gasteiger partial charge in [0.1, 0.15) is 0 Å². The quantitative estimate of drug-likeness (QED) is 0.649. The monoisotopic (exact) mass is 151 g/mol. The van der Waals surface area contributed by atoms with Crippen molar-refractivity contribution in [2.75, 3.05) is 0 Å². The Hall–Kier alpha value is -0.830. The van der Waals surface area contributed by atoms with E-state index in [1.165, 1.54) is 6.42 Å². The number of hydrogen-bond donors (Lipinski definition) is 1. The summed E-state index contributed by atoms with van der Waals surface area (Å²) in [6.45, 7) is 0. The predicted octanol–water partition coefficient (Wildman–Crippen LogP) is 0.935. The third-order valence-corrected chi connectivity index (χ3v) is 2.34. The predicted molar refractivity (Wildman–Crippen MR) is 43.1 cm³/mol. The third-order valence-electron chi connectivity index (χ3n) is 2.34. The molecule has 1 aromatic rings. The van der Waals surface area contributed by atoms with Gasteiger partial charge in [0.2, 0.25) is 0 Å². The maximum absolute atomic E-state index is 5.79. The molecule has 11 heavy (non-hydrogen) atoms. The Bertz CT molecular complexity index is 217. The molecular formula is C8H13N3. The molecule has 2 N–H and O–H groups in total. The van der Waals surface area contributed by atoms with E-state index in [0.717, 1.165) is 12.8 Å². The Morgan fingerprint density at radius 1 is 1.45 bits per heavy atom. The highest BCUT2D eigenvalue weighted by Gasteiger charge is 2.22. The van der Waals surface area contributed by atoms with E-state index in [9.17, 15) is 0 Å². The first kappa shape index (κ1) is 6.85. The summed E-state index contributed by atoms with van der Waals surface area (Å²) in [4.78, 5) is 0. The van der Waals surface area contributed by atoms with Crippen molar-refractivity contribution in [2.45, 2.75) is 31.3 Å². The summed E-state index contributed by atoms with van der Waals surface area (Å²) < 4.78 is 2.02. The summed E-state index contributed by atoms with van der Waals surface area (Å²) in [5, 5.41) is 4.19. The second-order valence-corrected chi connectivity index (χ2v) is 3.21. The molecule has 2 atom stereocenters. The molecule has 0 aromatic carbocycles. The van der Waals surface area contributed by atoms with E-state index in [4.69, 9.17) is 5.73 Å². The van der Waals surface area contributed by atoms with Crippen LogP contribution in [0, 0.1) is 0 Å². The van der Waals surface area contributed by atoms with Crippen LogP contribution in [0.15, 0.2) is 18.5 Å². The molecule has 1 aromatic heterocycles. The average Bonchev–Trinajstić information content (AvgIpc) is 2.55. The molecule has 1 aliphatic carbocycles. The van der Waals surface area contributed by atoms with E-state index in [1.807, 2.05) is 23.1 Å². The normalized spacial score (nSPS) is 31.0. The molecule has 0 unspecified atom stereocenters. The highest BCUT2D eigenvalue weighted by molar-refractivity contribution is 4.87. The first-order valence-electron chi connectivity index (χ1n) is 4.11. The Morgan fingerprint density at radius 3 is 2.91 bits per heavy atom. The average molecular weight is 151 g/mol. The molecule has 60 valence electrons. The second kappa shape index (κ2) is 2.66. The molecular weight excluding hydrogens is 138 g/mol. The van der Waals surface area contributed by atoms with Gasteiger partial charge in [-0.05, 0) is 25.3 Å². The summed E-state index contributed by atoms with van der Waals surface area (Å²) in [7, 11) is 0. The Labute approximate surface area is 66.2 Å². The molecule has 0 radical (unpaired) electrons. The lowest BCUT2D eigenvalue weighted by atomic mass is 10.2. The molecule has 3 nitrogen and oxygen atoms in total. The van der Waals surface area contributed by atoms with Crippen LogP contribution >= 0.6 is 0 Å². The number of hydrogen-bond acceptors (Lipinski definition) is 2. The fourth-order valence-electron chi connectivity index (χ4n) is 1.73. The highest BCUT2D eigenvalue weighted by atomic mass is 15.3. The lowest BCUT2D eigenvalue weighted by molar-refractivity contribution is 0.460. The van der Waals surface area contributed by atoms with Crippen molar-refractivity contribution in [2.24, 2.45) is 5.73 Å². The molecule has 0 amide bonds. The van der Waals surface area contributed by atoms with Gasteiger partial charge in [-0.1, -0.05) is 0 Å². The smallest absolute Gasteiger partial charge is 0.0534 e. The molecule has 1 aliphatic rings. The van der Waals surface area contributed by atoms with Crippen molar-refractivity contribution in [3.05, 3.63) is 18.5 Å². The van der Waals surface area contributed by atoms with Crippen molar-refractivity contribution in [1.29, 1.82) is 0 Å². The number of rotatable bonds is 1. The third kappa shape index (κ3) is 1.28. The van der Waals surface area contributed by atoms with Crippen LogP contribution in [-0.2, 0) is 0 Å². The van der Waals surface area contributed by atoms with Gasteiger partial charge in [0, 0.05) is 18.4 Å². The first-order chi connectivity index (χ1) is 5.36. The zero-order chi connectivity index (χ0) is 7.68. The van der Waals surface area contributed by atoms with Crippen LogP contribution in [0.5, 0.6) is 0 Å². The van der Waals surface area contributed by atoms with Gasteiger partial charge in [-0.25, -0.2) is 0 Å². The molecule has 0 bridgehead atoms. The van der Waals surface area contributed by atoms with Gasteiger partial charge >= 0.3 is 0 Å². The van der Waals surface area contributed by atoms with Crippen LogP contribution in [0.2, 0.25) is 0 Å². The number of nitrogens with two attached hydrogens (primary N) is 1. The van der Waals surface area contributed by atoms with Gasteiger partial charge in [-0.2, -0.15) is 5.10 Å². The number of aromatic nitrogens is 2. The zero-order valence-corrected chi connectivity index (χ0v) is 6.48. The molecule has 2 rings (SSSR count). The van der Waals surface area contributed by atoms with Crippen LogP contribution in [0.4, 0.5) is 0 Å². The van der Waals surface area contributed by atoms with Gasteiger partial charge < -0.3 is 5.73 Å². The molecule has 3 heteroatoms. The van der Waals surface area contributed by atoms with Crippen molar-refractivity contribution in [1.82, 2.24) is 9.78 Å². The van der Waals surface area contributed by atoms with E-state index in [0.29, 0.717) is 12.1 Å². The molecule has 0 aliphatic heterocycles. The summed E-state index contributed by atoms with van der Waals surface area (Å²) in [6, 6.07) is 2.91. The van der Waals surface area contributed by atoms with Crippen molar-refractivity contribution in [3.63, 3.8) is 0 Å². The van der Waals surface area contributed by atoms with Gasteiger partial charge in [-0.15, -0.1) is 0 Å². The standard InChI is InChI=1S/C8H13N3/c9-7-2-3-8(6-7)11-5-1-4-10-11/h1,4-5,7-8H,2-3,6,9H2/t7-,8-/m1/s1. The summed E-state index contributed by atoms with van der Waals surface area (Å²) in [5.41, 5.74) is 5.79. The molecule has 0 spiro atoms.